The number of aliphatic hydroxyl groups excluding tert-OH is 2. The molecule has 4 unspecified atom stereocenters. The van der Waals surface area contributed by atoms with E-state index in [1.165, 1.54) is 25.3 Å². The summed E-state index contributed by atoms with van der Waals surface area (Å²) in [5.41, 5.74) is 2.37. The molecule has 5 rings (SSSR count). The Kier molecular flexibility index (Phi) is 9.19. The summed E-state index contributed by atoms with van der Waals surface area (Å²) in [6.07, 6.45) is -5.12. The molecule has 16 nitrogen and oxygen atoms in total. The van der Waals surface area contributed by atoms with Crippen LogP contribution in [0.15, 0.2) is 18.2 Å². The van der Waals surface area contributed by atoms with Crippen molar-refractivity contribution in [1.29, 1.82) is 0 Å². The lowest BCUT2D eigenvalue weighted by Gasteiger charge is -2.42. The predicted octanol–water partition coefficient (Wildman–Crippen LogP) is -0.651. The number of rotatable bonds is 5. The maximum absolute atomic E-state index is 13.6. The number of hydrogen-bond acceptors (Lipinski definition) is 14. The molecule has 0 saturated carbocycles. The molecule has 9 N–H and O–H groups in total. The van der Waals surface area contributed by atoms with E-state index in [4.69, 9.17) is 37.5 Å². The molecule has 2 aliphatic carbocycles. The monoisotopic (exact) mass is 641 g/mol. The van der Waals surface area contributed by atoms with Crippen molar-refractivity contribution in [2.24, 2.45) is 5.73 Å². The Bertz CT molecular complexity index is 1600. The first-order valence-electron chi connectivity index (χ1n) is 13.1. The third-order valence-electron chi connectivity index (χ3n) is 7.81. The summed E-state index contributed by atoms with van der Waals surface area (Å²) in [6.45, 7) is 0.560. The van der Waals surface area contributed by atoms with Crippen LogP contribution in [0.4, 0.5) is 0 Å². The molecule has 17 heteroatoms. The van der Waals surface area contributed by atoms with Gasteiger partial charge < -0.3 is 45.5 Å². The van der Waals surface area contributed by atoms with E-state index in [0.717, 1.165) is 0 Å². The van der Waals surface area contributed by atoms with Crippen LogP contribution in [0.2, 0.25) is 0 Å². The van der Waals surface area contributed by atoms with Crippen molar-refractivity contribution in [3.63, 3.8) is 0 Å². The van der Waals surface area contributed by atoms with E-state index in [9.17, 15) is 39.9 Å². The number of carbonyl (C=O) groups is 3. The number of phenolic OH excluding ortho intramolecular Hbond substituents is 2. The molecule has 2 aromatic carbocycles. The van der Waals surface area contributed by atoms with Crippen molar-refractivity contribution < 1.29 is 71.7 Å². The van der Waals surface area contributed by atoms with Gasteiger partial charge in [-0.05, 0) is 13.0 Å². The first-order valence-corrected chi connectivity index (χ1v) is 14.5. The molecule has 0 aromatic heterocycles. The number of phenols is 2. The van der Waals surface area contributed by atoms with Crippen LogP contribution in [0.3, 0.4) is 0 Å². The zero-order valence-corrected chi connectivity index (χ0v) is 24.1. The summed E-state index contributed by atoms with van der Waals surface area (Å²) in [6, 6.07) is 3.64. The van der Waals surface area contributed by atoms with E-state index in [1.807, 2.05) is 0 Å². The smallest absolute Gasteiger partial charge is 0.394 e. The third kappa shape index (κ3) is 6.06. The summed E-state index contributed by atoms with van der Waals surface area (Å²) in [5, 5.41) is 53.7. The van der Waals surface area contributed by atoms with Crippen LogP contribution in [-0.2, 0) is 31.1 Å². The van der Waals surface area contributed by atoms with Gasteiger partial charge in [0.2, 0.25) is 5.78 Å². The van der Waals surface area contributed by atoms with Gasteiger partial charge >= 0.3 is 10.4 Å². The van der Waals surface area contributed by atoms with E-state index in [0.29, 0.717) is 0 Å². The van der Waals surface area contributed by atoms with E-state index >= 15 is 0 Å². The molecular formula is C27H31NO15S. The first kappa shape index (κ1) is 33.4. The molecule has 1 aliphatic heterocycles. The minimum absolute atomic E-state index is 0.0173. The number of ether oxygens (including phenoxy) is 3. The van der Waals surface area contributed by atoms with Crippen molar-refractivity contribution in [1.82, 2.24) is 0 Å². The van der Waals surface area contributed by atoms with Crippen LogP contribution < -0.4 is 10.5 Å². The fourth-order valence-electron chi connectivity index (χ4n) is 5.75. The second-order valence-corrected chi connectivity index (χ2v) is 11.5. The fourth-order valence-corrected chi connectivity index (χ4v) is 5.75. The lowest BCUT2D eigenvalue weighted by Crippen LogP contribution is -2.53. The van der Waals surface area contributed by atoms with Gasteiger partial charge in [0.15, 0.2) is 17.9 Å². The van der Waals surface area contributed by atoms with Crippen LogP contribution in [0.1, 0.15) is 68.8 Å². The molecule has 0 radical (unpaired) electrons. The molecule has 0 spiro atoms. The number of aliphatic hydroxyl groups is 3. The average molecular weight is 642 g/mol. The number of aromatic hydroxyl groups is 2. The molecule has 240 valence electrons. The van der Waals surface area contributed by atoms with Gasteiger partial charge in [-0.3, -0.25) is 23.5 Å². The van der Waals surface area contributed by atoms with Gasteiger partial charge in [0, 0.05) is 42.0 Å². The highest BCUT2D eigenvalue weighted by atomic mass is 32.3. The van der Waals surface area contributed by atoms with Crippen LogP contribution in [0, 0.1) is 0 Å². The van der Waals surface area contributed by atoms with Gasteiger partial charge in [-0.15, -0.1) is 0 Å². The van der Waals surface area contributed by atoms with E-state index in [-0.39, 0.29) is 34.4 Å². The molecule has 0 amide bonds. The Balaban J connectivity index is 0.000000818. The van der Waals surface area contributed by atoms with Crippen LogP contribution in [-0.4, -0.2) is 104 Å². The summed E-state index contributed by atoms with van der Waals surface area (Å²) in [4.78, 5) is 39.7. The van der Waals surface area contributed by atoms with Crippen molar-refractivity contribution in [3.05, 3.63) is 51.6 Å². The maximum Gasteiger partial charge on any atom is 0.394 e. The Morgan fingerprint density at radius 1 is 1.11 bits per heavy atom. The number of fused-ring (bicyclic) bond motifs is 3. The molecule has 3 aliphatic rings. The number of carbonyl (C=O) groups excluding carboxylic acids is 3. The number of hydrogen-bond donors (Lipinski definition) is 8. The van der Waals surface area contributed by atoms with Crippen molar-refractivity contribution in [3.8, 4) is 17.2 Å². The highest BCUT2D eigenvalue weighted by Gasteiger charge is 2.50. The van der Waals surface area contributed by atoms with Crippen molar-refractivity contribution in [2.45, 2.75) is 62.4 Å². The Morgan fingerprint density at radius 3 is 2.30 bits per heavy atom. The number of nitrogens with two attached hydrogens (primary N) is 1. The highest BCUT2D eigenvalue weighted by Crippen LogP contribution is 2.52. The minimum Gasteiger partial charge on any atom is -0.507 e. The van der Waals surface area contributed by atoms with E-state index < -0.39 is 106 Å². The SMILES string of the molecule is COc1cccc2c1C(=O)c1c(O)c3c(c(O)c1C2=O)C[C@@](O)(C(=O)CO)C[C@@H]3OC1CC(N)C(O)C(C)O1.O=S(=O)(O)O. The van der Waals surface area contributed by atoms with Gasteiger partial charge in [0.05, 0.1) is 42.1 Å². The summed E-state index contributed by atoms with van der Waals surface area (Å²) in [7, 11) is -3.34. The largest absolute Gasteiger partial charge is 0.507 e. The molecule has 2 aromatic rings. The van der Waals surface area contributed by atoms with E-state index in [1.54, 1.807) is 6.92 Å². The Hall–Kier alpha value is -3.52. The van der Waals surface area contributed by atoms with Gasteiger partial charge in [0.1, 0.15) is 29.5 Å². The van der Waals surface area contributed by atoms with Gasteiger partial charge in [-0.2, -0.15) is 8.42 Å². The Labute approximate surface area is 250 Å². The topological polar surface area (TPSA) is 281 Å². The maximum atomic E-state index is 13.6. The molecule has 1 heterocycles. The van der Waals surface area contributed by atoms with Crippen molar-refractivity contribution in [2.75, 3.05) is 13.7 Å². The number of methoxy groups -OCH3 is 1. The normalized spacial score (nSPS) is 27.8. The third-order valence-corrected chi connectivity index (χ3v) is 7.81. The number of ketones is 3. The standard InChI is InChI=1S/C27H29NO11.H2O4S/c1-10-22(31)13(28)6-17(38-10)39-15-8-27(36,16(30)9-29)7-12-19(15)26(35)21-20(24(12)33)23(32)11-4-3-5-14(37-2)18(11)25(21)34;1-5(2,3)4/h3-5,10,13,15,17,22,29,31,33,35-36H,6-9,28H2,1-2H3;(H2,1,2,3,4)/t10?,13?,15-,17?,22?,27-;/m0./s1. The number of Topliss-reactive ketones (excluding diaryl/α,β-unsaturated/α-hetero) is 1. The molecular weight excluding hydrogens is 610 g/mol. The molecule has 1 saturated heterocycles. The van der Waals surface area contributed by atoms with Gasteiger partial charge in [0.25, 0.3) is 0 Å². The summed E-state index contributed by atoms with van der Waals surface area (Å²) >= 11 is 0. The van der Waals surface area contributed by atoms with Crippen LogP contribution in [0.25, 0.3) is 0 Å². The molecule has 44 heavy (non-hydrogen) atoms. The average Bonchev–Trinajstić information content (AvgIpc) is 2.94. The number of benzene rings is 2. The zero-order chi connectivity index (χ0) is 32.9. The zero-order valence-electron chi connectivity index (χ0n) is 23.3. The lowest BCUT2D eigenvalue weighted by atomic mass is 9.72. The quantitative estimate of drug-likeness (QED) is 0.127. The van der Waals surface area contributed by atoms with Crippen molar-refractivity contribution >= 4 is 27.7 Å². The highest BCUT2D eigenvalue weighted by molar-refractivity contribution is 7.79. The summed E-state index contributed by atoms with van der Waals surface area (Å²) in [5.74, 6) is -3.77. The molecule has 0 bridgehead atoms. The Morgan fingerprint density at radius 2 is 1.73 bits per heavy atom. The van der Waals surface area contributed by atoms with Gasteiger partial charge in [-0.25, -0.2) is 0 Å². The molecule has 6 atom stereocenters. The first-order chi connectivity index (χ1) is 20.4. The van der Waals surface area contributed by atoms with E-state index in [2.05, 4.69) is 0 Å². The second-order valence-electron chi connectivity index (χ2n) is 10.6. The fraction of sp³-hybridized carbons (Fsp3) is 0.444. The lowest BCUT2D eigenvalue weighted by molar-refractivity contribution is -0.247. The predicted molar refractivity (Wildman–Crippen MR) is 146 cm³/mol. The van der Waals surface area contributed by atoms with Crippen LogP contribution >= 0.6 is 0 Å². The van der Waals surface area contributed by atoms with Gasteiger partial charge in [-0.1, -0.05) is 12.1 Å². The summed E-state index contributed by atoms with van der Waals surface area (Å²) < 4.78 is 48.6. The molecule has 1 fully saturated rings. The second kappa shape index (κ2) is 12.1. The minimum atomic E-state index is -4.67. The van der Waals surface area contributed by atoms with Crippen LogP contribution in [0.5, 0.6) is 17.2 Å².